The number of nitrogens with zero attached hydrogens (tertiary/aromatic N) is 2. The molecule has 0 unspecified atom stereocenters. The molecule has 0 amide bonds. The molecule has 2 aromatic heterocycles. The molecule has 7 nitrogen and oxygen atoms in total. The predicted octanol–water partition coefficient (Wildman–Crippen LogP) is 3.75. The van der Waals surface area contributed by atoms with Crippen molar-refractivity contribution in [2.75, 3.05) is 13.7 Å². The number of para-hydroxylation sites is 1. The molecule has 0 spiro atoms. The quantitative estimate of drug-likeness (QED) is 0.327. The van der Waals surface area contributed by atoms with Crippen LogP contribution < -0.4 is 10.3 Å². The summed E-state index contributed by atoms with van der Waals surface area (Å²) in [6, 6.07) is 15.0. The number of ether oxygens (including phenoxy) is 1. The molecular weight excluding hydrogens is 400 g/mol. The summed E-state index contributed by atoms with van der Waals surface area (Å²) < 4.78 is 6.63. The summed E-state index contributed by atoms with van der Waals surface area (Å²) in [5.41, 5.74) is 2.39. The van der Waals surface area contributed by atoms with Crippen LogP contribution in [0.1, 0.15) is 11.1 Å². The van der Waals surface area contributed by atoms with Gasteiger partial charge >= 0.3 is 0 Å². The van der Waals surface area contributed by atoms with Gasteiger partial charge in [-0.3, -0.25) is 19.3 Å². The molecule has 2 aromatic carbocycles. The van der Waals surface area contributed by atoms with E-state index in [-0.39, 0.29) is 16.2 Å². The Hall–Kier alpha value is -3.65. The summed E-state index contributed by atoms with van der Waals surface area (Å²) in [6.45, 7) is 0.471. The van der Waals surface area contributed by atoms with Crippen LogP contribution in [0.25, 0.3) is 16.6 Å². The number of benzene rings is 2. The first-order chi connectivity index (χ1) is 14.6. The zero-order valence-electron chi connectivity index (χ0n) is 16.3. The minimum atomic E-state index is -0.488. The Morgan fingerprint density at radius 3 is 2.73 bits per heavy atom. The smallest absolute Gasteiger partial charge is 0.264 e. The van der Waals surface area contributed by atoms with E-state index in [1.54, 1.807) is 31.4 Å². The summed E-state index contributed by atoms with van der Waals surface area (Å²) in [7, 11) is 1.57. The van der Waals surface area contributed by atoms with Crippen molar-refractivity contribution in [2.45, 2.75) is 6.42 Å². The van der Waals surface area contributed by atoms with Gasteiger partial charge in [0.1, 0.15) is 11.3 Å². The Morgan fingerprint density at radius 2 is 1.97 bits per heavy atom. The Labute approximate surface area is 177 Å². The number of aliphatic imine (C=N–C) groups is 1. The second kappa shape index (κ2) is 8.38. The first-order valence-electron chi connectivity index (χ1n) is 9.36. The van der Waals surface area contributed by atoms with Gasteiger partial charge in [-0.1, -0.05) is 18.2 Å². The highest BCUT2D eigenvalue weighted by atomic mass is 32.1. The van der Waals surface area contributed by atoms with Crippen molar-refractivity contribution in [2.24, 2.45) is 4.99 Å². The Balaban J connectivity index is 1.59. The molecule has 8 heteroatoms. The van der Waals surface area contributed by atoms with Crippen molar-refractivity contribution in [1.29, 1.82) is 0 Å². The lowest BCUT2D eigenvalue weighted by atomic mass is 10.1. The predicted molar refractivity (Wildman–Crippen MR) is 120 cm³/mol. The van der Waals surface area contributed by atoms with Gasteiger partial charge in [0.05, 0.1) is 12.8 Å². The fourth-order valence-corrected chi connectivity index (χ4v) is 3.59. The van der Waals surface area contributed by atoms with Crippen LogP contribution in [0.5, 0.6) is 11.6 Å². The number of rotatable bonds is 6. The number of hydrogen-bond acceptors (Lipinski definition) is 5. The minimum Gasteiger partial charge on any atom is -0.497 e. The summed E-state index contributed by atoms with van der Waals surface area (Å²) in [4.78, 5) is 22.5. The summed E-state index contributed by atoms with van der Waals surface area (Å²) in [5.74, 6) is 0.415. The summed E-state index contributed by atoms with van der Waals surface area (Å²) >= 11 is 5.23. The van der Waals surface area contributed by atoms with Crippen LogP contribution in [0.3, 0.4) is 0 Å². The van der Waals surface area contributed by atoms with Gasteiger partial charge < -0.3 is 14.8 Å². The summed E-state index contributed by atoms with van der Waals surface area (Å²) in [5, 5.41) is 11.9. The SMILES string of the molecule is COc1ccc(-n2c(O)c(C=NCCc3c[nH]c4ccccc34)c(=O)[nH]c2=S)cc1. The molecule has 0 saturated heterocycles. The number of methoxy groups -OCH3 is 1. The second-order valence-electron chi connectivity index (χ2n) is 6.67. The topological polar surface area (TPSA) is 95.4 Å². The maximum Gasteiger partial charge on any atom is 0.264 e. The first kappa shape index (κ1) is 19.7. The molecule has 0 aliphatic rings. The van der Waals surface area contributed by atoms with E-state index in [4.69, 9.17) is 17.0 Å². The average Bonchev–Trinajstić information content (AvgIpc) is 3.16. The number of nitrogens with one attached hydrogen (secondary N) is 2. The normalized spacial score (nSPS) is 11.4. The Kier molecular flexibility index (Phi) is 5.49. The molecule has 0 atom stereocenters. The van der Waals surface area contributed by atoms with Crippen molar-refractivity contribution in [3.05, 3.63) is 81.0 Å². The lowest BCUT2D eigenvalue weighted by Gasteiger charge is -2.11. The highest BCUT2D eigenvalue weighted by Crippen LogP contribution is 2.21. The number of hydrogen-bond donors (Lipinski definition) is 3. The van der Waals surface area contributed by atoms with Gasteiger partial charge in [0.25, 0.3) is 5.56 Å². The van der Waals surface area contributed by atoms with Crippen LogP contribution in [0.2, 0.25) is 0 Å². The fourth-order valence-electron chi connectivity index (χ4n) is 3.31. The zero-order valence-corrected chi connectivity index (χ0v) is 17.1. The lowest BCUT2D eigenvalue weighted by molar-refractivity contribution is 0.414. The van der Waals surface area contributed by atoms with Crippen LogP contribution in [-0.4, -0.2) is 39.5 Å². The largest absolute Gasteiger partial charge is 0.497 e. The van der Waals surface area contributed by atoms with Crippen LogP contribution in [-0.2, 0) is 6.42 Å². The third-order valence-electron chi connectivity index (χ3n) is 4.86. The maximum atomic E-state index is 12.3. The van der Waals surface area contributed by atoms with Crippen molar-refractivity contribution in [3.8, 4) is 17.3 Å². The van der Waals surface area contributed by atoms with Crippen LogP contribution in [0.4, 0.5) is 0 Å². The van der Waals surface area contributed by atoms with E-state index < -0.39 is 5.56 Å². The molecule has 0 aliphatic carbocycles. The third-order valence-corrected chi connectivity index (χ3v) is 5.14. The van der Waals surface area contributed by atoms with Crippen molar-refractivity contribution < 1.29 is 9.84 Å². The average molecular weight is 420 g/mol. The molecule has 30 heavy (non-hydrogen) atoms. The first-order valence-corrected chi connectivity index (χ1v) is 9.77. The van der Waals surface area contributed by atoms with E-state index in [2.05, 4.69) is 21.0 Å². The number of fused-ring (bicyclic) bond motifs is 1. The van der Waals surface area contributed by atoms with Gasteiger partial charge in [0.2, 0.25) is 5.88 Å². The van der Waals surface area contributed by atoms with E-state index in [0.717, 1.165) is 16.5 Å². The highest BCUT2D eigenvalue weighted by molar-refractivity contribution is 7.71. The van der Waals surface area contributed by atoms with Gasteiger partial charge in [-0.05, 0) is 54.5 Å². The van der Waals surface area contributed by atoms with E-state index in [1.807, 2.05) is 24.4 Å². The van der Waals surface area contributed by atoms with Crippen molar-refractivity contribution in [1.82, 2.24) is 14.5 Å². The van der Waals surface area contributed by atoms with Crippen LogP contribution in [0, 0.1) is 4.77 Å². The van der Waals surface area contributed by atoms with Gasteiger partial charge in [-0.25, -0.2) is 0 Å². The molecule has 0 radical (unpaired) electrons. The third kappa shape index (κ3) is 3.77. The lowest BCUT2D eigenvalue weighted by Crippen LogP contribution is -2.18. The van der Waals surface area contributed by atoms with Crippen LogP contribution >= 0.6 is 12.2 Å². The van der Waals surface area contributed by atoms with Crippen molar-refractivity contribution >= 4 is 29.3 Å². The standard InChI is InChI=1S/C22H20N4O3S/c1-29-16-8-6-15(7-9-16)26-21(28)18(20(27)25-22(26)30)13-23-11-10-14-12-24-19-5-3-2-4-17(14)19/h2-9,12-13,24,28H,10-11H2,1H3,(H,25,27,30). The second-order valence-corrected chi connectivity index (χ2v) is 7.06. The number of aromatic nitrogens is 3. The number of aromatic amines is 2. The van der Waals surface area contributed by atoms with Crippen LogP contribution in [0.15, 0.2) is 64.5 Å². The maximum absolute atomic E-state index is 12.3. The number of aromatic hydroxyl groups is 1. The zero-order chi connectivity index (χ0) is 21.1. The molecule has 0 fully saturated rings. The van der Waals surface area contributed by atoms with Gasteiger partial charge in [-0.2, -0.15) is 0 Å². The number of H-pyrrole nitrogens is 2. The molecule has 152 valence electrons. The Bertz CT molecular complexity index is 1330. The highest BCUT2D eigenvalue weighted by Gasteiger charge is 2.12. The molecule has 4 aromatic rings. The molecule has 4 rings (SSSR count). The molecular formula is C22H20N4O3S. The molecule has 3 N–H and O–H groups in total. The van der Waals surface area contributed by atoms with Gasteiger partial charge in [0.15, 0.2) is 4.77 Å². The molecule has 2 heterocycles. The van der Waals surface area contributed by atoms with E-state index in [1.165, 1.54) is 10.8 Å². The molecule has 0 aliphatic heterocycles. The summed E-state index contributed by atoms with van der Waals surface area (Å²) in [6.07, 6.45) is 4.06. The monoisotopic (exact) mass is 420 g/mol. The van der Waals surface area contributed by atoms with E-state index in [0.29, 0.717) is 24.4 Å². The van der Waals surface area contributed by atoms with E-state index >= 15 is 0 Å². The Morgan fingerprint density at radius 1 is 1.20 bits per heavy atom. The molecule has 0 bridgehead atoms. The van der Waals surface area contributed by atoms with E-state index in [9.17, 15) is 9.90 Å². The molecule has 0 saturated carbocycles. The minimum absolute atomic E-state index is 0.0540. The van der Waals surface area contributed by atoms with Gasteiger partial charge in [0, 0.05) is 29.9 Å². The van der Waals surface area contributed by atoms with Gasteiger partial charge in [-0.15, -0.1) is 0 Å². The fraction of sp³-hybridized carbons (Fsp3) is 0.136. The van der Waals surface area contributed by atoms with Crippen molar-refractivity contribution in [3.63, 3.8) is 0 Å².